The minimum absolute atomic E-state index is 0.308. The van der Waals surface area contributed by atoms with Gasteiger partial charge in [-0.05, 0) is 44.2 Å². The Morgan fingerprint density at radius 1 is 1.32 bits per heavy atom. The normalized spacial score (nSPS) is 19.6. The monoisotopic (exact) mass is 326 g/mol. The third kappa shape index (κ3) is 3.46. The zero-order valence-corrected chi connectivity index (χ0v) is 13.4. The Morgan fingerprint density at radius 2 is 1.95 bits per heavy atom. The first kappa shape index (κ1) is 16.9. The van der Waals surface area contributed by atoms with E-state index in [1.807, 2.05) is 6.92 Å². The number of halogens is 2. The van der Waals surface area contributed by atoms with Crippen molar-refractivity contribution in [2.24, 2.45) is 5.92 Å². The highest BCUT2D eigenvalue weighted by Crippen LogP contribution is 2.38. The largest absolute Gasteiger partial charge is 0.353 e. The van der Waals surface area contributed by atoms with E-state index in [9.17, 15) is 17.2 Å². The number of hydrogen-bond donors (Lipinski definition) is 0. The molecule has 22 heavy (non-hydrogen) atoms. The third-order valence-corrected chi connectivity index (χ3v) is 5.90. The molecule has 0 saturated heterocycles. The quantitative estimate of drug-likeness (QED) is 0.732. The molecule has 0 aromatic heterocycles. The lowest BCUT2D eigenvalue weighted by Crippen LogP contribution is -2.30. The lowest BCUT2D eigenvalue weighted by molar-refractivity contribution is 0.0907. The average Bonchev–Trinajstić information content (AvgIpc) is 2.48. The first-order valence-corrected chi connectivity index (χ1v) is 8.73. The molecule has 1 aromatic rings. The van der Waals surface area contributed by atoms with Crippen molar-refractivity contribution in [3.8, 4) is 0 Å². The predicted molar refractivity (Wildman–Crippen MR) is 83.4 cm³/mol. The fraction of sp³-hybridized carbons (Fsp3) is 0.412. The van der Waals surface area contributed by atoms with Crippen LogP contribution in [0.2, 0.25) is 0 Å². The second-order valence-electron chi connectivity index (χ2n) is 5.81. The van der Waals surface area contributed by atoms with Crippen LogP contribution in [0.5, 0.6) is 0 Å². The number of allylic oxidation sites excluding steroid dienone is 3. The Hall–Kier alpha value is -1.49. The number of alkyl halides is 2. The van der Waals surface area contributed by atoms with E-state index < -0.39 is 21.5 Å². The second-order valence-corrected chi connectivity index (χ2v) is 7.89. The molecule has 1 unspecified atom stereocenters. The standard InChI is InChI=1S/C17H20F2O2S/c1-13(2)15-10-8-14(9-11-15)12-17(18,19)22(20,21)16-6-4-3-5-7-16/h3-8,15H,1,9-12H2,2H3. The summed E-state index contributed by atoms with van der Waals surface area (Å²) in [7, 11) is -4.66. The van der Waals surface area contributed by atoms with Gasteiger partial charge in [-0.3, -0.25) is 0 Å². The summed E-state index contributed by atoms with van der Waals surface area (Å²) in [4.78, 5) is -0.337. The molecule has 120 valence electrons. The van der Waals surface area contributed by atoms with Gasteiger partial charge in [-0.2, -0.15) is 8.78 Å². The van der Waals surface area contributed by atoms with Crippen molar-refractivity contribution >= 4 is 9.84 Å². The minimum atomic E-state index is -4.66. The van der Waals surface area contributed by atoms with E-state index in [1.54, 1.807) is 12.1 Å². The summed E-state index contributed by atoms with van der Waals surface area (Å²) in [5.74, 6) is 0.308. The Balaban J connectivity index is 2.17. The van der Waals surface area contributed by atoms with Crippen LogP contribution in [0.4, 0.5) is 8.78 Å². The van der Waals surface area contributed by atoms with Crippen molar-refractivity contribution in [1.29, 1.82) is 0 Å². The highest BCUT2D eigenvalue weighted by Gasteiger charge is 2.46. The molecule has 1 aliphatic carbocycles. The van der Waals surface area contributed by atoms with Gasteiger partial charge < -0.3 is 0 Å². The van der Waals surface area contributed by atoms with Crippen LogP contribution < -0.4 is 0 Å². The molecule has 0 N–H and O–H groups in total. The van der Waals surface area contributed by atoms with Gasteiger partial charge in [-0.15, -0.1) is 0 Å². The van der Waals surface area contributed by atoms with Crippen molar-refractivity contribution in [2.45, 2.75) is 42.8 Å². The second kappa shape index (κ2) is 6.32. The molecule has 2 rings (SSSR count). The molecular formula is C17H20F2O2S. The maximum atomic E-state index is 14.3. The van der Waals surface area contributed by atoms with Gasteiger partial charge in [0, 0.05) is 6.42 Å². The van der Waals surface area contributed by atoms with E-state index in [1.165, 1.54) is 24.3 Å². The smallest absolute Gasteiger partial charge is 0.217 e. The lowest BCUT2D eigenvalue weighted by atomic mass is 9.85. The third-order valence-electron chi connectivity index (χ3n) is 4.08. The Kier molecular flexibility index (Phi) is 4.85. The van der Waals surface area contributed by atoms with Gasteiger partial charge in [0.1, 0.15) is 0 Å². The topological polar surface area (TPSA) is 34.1 Å². The zero-order valence-electron chi connectivity index (χ0n) is 12.6. The highest BCUT2D eigenvalue weighted by atomic mass is 32.2. The molecule has 0 spiro atoms. The van der Waals surface area contributed by atoms with Crippen LogP contribution in [-0.2, 0) is 9.84 Å². The molecule has 5 heteroatoms. The predicted octanol–water partition coefficient (Wildman–Crippen LogP) is 4.75. The Labute approximate surface area is 130 Å². The maximum Gasteiger partial charge on any atom is 0.353 e. The van der Waals surface area contributed by atoms with E-state index in [-0.39, 0.29) is 4.90 Å². The summed E-state index contributed by atoms with van der Waals surface area (Å²) >= 11 is 0. The van der Waals surface area contributed by atoms with E-state index in [0.717, 1.165) is 12.0 Å². The highest BCUT2D eigenvalue weighted by molar-refractivity contribution is 7.92. The van der Waals surface area contributed by atoms with Gasteiger partial charge >= 0.3 is 5.25 Å². The van der Waals surface area contributed by atoms with Gasteiger partial charge in [0.25, 0.3) is 0 Å². The number of sulfone groups is 1. The molecule has 2 nitrogen and oxygen atoms in total. The Bertz CT molecular complexity index is 676. The molecule has 0 bridgehead atoms. The van der Waals surface area contributed by atoms with Crippen LogP contribution in [-0.4, -0.2) is 13.7 Å². The summed E-state index contributed by atoms with van der Waals surface area (Å²) < 4.78 is 52.8. The summed E-state index contributed by atoms with van der Waals surface area (Å²) in [5, 5.41) is -3.78. The molecular weight excluding hydrogens is 306 g/mol. The first-order valence-electron chi connectivity index (χ1n) is 7.25. The van der Waals surface area contributed by atoms with Crippen molar-refractivity contribution in [2.75, 3.05) is 0 Å². The molecule has 1 aliphatic rings. The van der Waals surface area contributed by atoms with Gasteiger partial charge in [-0.1, -0.05) is 42.0 Å². The molecule has 1 aromatic carbocycles. The lowest BCUT2D eigenvalue weighted by Gasteiger charge is -2.25. The van der Waals surface area contributed by atoms with Gasteiger partial charge in [0.15, 0.2) is 0 Å². The van der Waals surface area contributed by atoms with Crippen LogP contribution in [0.25, 0.3) is 0 Å². The van der Waals surface area contributed by atoms with E-state index in [0.29, 0.717) is 24.3 Å². The maximum absolute atomic E-state index is 14.3. The van der Waals surface area contributed by atoms with Crippen LogP contribution >= 0.6 is 0 Å². The molecule has 0 heterocycles. The fourth-order valence-electron chi connectivity index (χ4n) is 2.63. The average molecular weight is 326 g/mol. The molecule has 0 radical (unpaired) electrons. The van der Waals surface area contributed by atoms with Gasteiger partial charge in [0.05, 0.1) is 4.90 Å². The van der Waals surface area contributed by atoms with E-state index in [2.05, 4.69) is 6.58 Å². The van der Waals surface area contributed by atoms with E-state index in [4.69, 9.17) is 0 Å². The summed E-state index contributed by atoms with van der Waals surface area (Å²) in [5.41, 5.74) is 1.56. The Morgan fingerprint density at radius 3 is 2.45 bits per heavy atom. The minimum Gasteiger partial charge on any atom is -0.217 e. The van der Waals surface area contributed by atoms with Crippen LogP contribution in [0, 0.1) is 5.92 Å². The molecule has 0 amide bonds. The summed E-state index contributed by atoms with van der Waals surface area (Å²) in [6.45, 7) is 5.81. The van der Waals surface area contributed by atoms with E-state index >= 15 is 0 Å². The molecule has 0 saturated carbocycles. The summed E-state index contributed by atoms with van der Waals surface area (Å²) in [6, 6.07) is 6.89. The molecule has 0 aliphatic heterocycles. The van der Waals surface area contributed by atoms with Crippen molar-refractivity contribution in [1.82, 2.24) is 0 Å². The fourth-order valence-corrected chi connectivity index (χ4v) is 3.86. The number of benzene rings is 1. The zero-order chi connectivity index (χ0) is 16.4. The molecule has 1 atom stereocenters. The molecule has 0 fully saturated rings. The van der Waals surface area contributed by atoms with Gasteiger partial charge in [-0.25, -0.2) is 8.42 Å². The first-order chi connectivity index (χ1) is 10.2. The number of hydrogen-bond acceptors (Lipinski definition) is 2. The van der Waals surface area contributed by atoms with Crippen molar-refractivity contribution in [3.05, 3.63) is 54.1 Å². The number of rotatable bonds is 5. The summed E-state index contributed by atoms with van der Waals surface area (Å²) in [6.07, 6.45) is 2.93. The SMILES string of the molecule is C=C(C)C1CC=C(CC(F)(F)S(=O)(=O)c2ccccc2)CC1. The van der Waals surface area contributed by atoms with Crippen LogP contribution in [0.1, 0.15) is 32.6 Å². The van der Waals surface area contributed by atoms with Gasteiger partial charge in [0.2, 0.25) is 9.84 Å². The van der Waals surface area contributed by atoms with Crippen LogP contribution in [0.15, 0.2) is 59.0 Å². The van der Waals surface area contributed by atoms with Crippen LogP contribution in [0.3, 0.4) is 0 Å². The van der Waals surface area contributed by atoms with Crippen molar-refractivity contribution < 1.29 is 17.2 Å². The van der Waals surface area contributed by atoms with Crippen molar-refractivity contribution in [3.63, 3.8) is 0 Å².